The first kappa shape index (κ1) is 15.4. The highest BCUT2D eigenvalue weighted by atomic mass is 14.9. The largest absolute Gasteiger partial charge is 0.241 e. The molecule has 2 heteroatoms. The molecule has 1 aromatic rings. The number of nitrogens with zero attached hydrogens (tertiary/aromatic N) is 2. The minimum atomic E-state index is 0.849. The zero-order chi connectivity index (χ0) is 15.8. The third kappa shape index (κ3) is 2.97. The molecule has 124 valence electrons. The van der Waals surface area contributed by atoms with Crippen LogP contribution in [-0.4, -0.2) is 9.97 Å². The minimum absolute atomic E-state index is 0.849. The van der Waals surface area contributed by atoms with Gasteiger partial charge in [-0.25, -0.2) is 9.97 Å². The Balaban J connectivity index is 1.57. The molecule has 4 rings (SSSR count). The van der Waals surface area contributed by atoms with E-state index in [9.17, 15) is 0 Å². The molecule has 0 aliphatic heterocycles. The summed E-state index contributed by atoms with van der Waals surface area (Å²) >= 11 is 0. The molecule has 1 atom stereocenters. The van der Waals surface area contributed by atoms with E-state index >= 15 is 0 Å². The van der Waals surface area contributed by atoms with Gasteiger partial charge in [0.05, 0.1) is 11.4 Å². The first-order valence-electron chi connectivity index (χ1n) is 9.78. The van der Waals surface area contributed by atoms with Crippen molar-refractivity contribution in [1.29, 1.82) is 0 Å². The predicted molar refractivity (Wildman–Crippen MR) is 95.1 cm³/mol. The van der Waals surface area contributed by atoms with Crippen molar-refractivity contribution in [3.63, 3.8) is 0 Å². The van der Waals surface area contributed by atoms with Crippen LogP contribution in [0.3, 0.4) is 0 Å². The second-order valence-electron chi connectivity index (χ2n) is 8.25. The van der Waals surface area contributed by atoms with Crippen molar-refractivity contribution in [1.82, 2.24) is 9.97 Å². The molecule has 0 N–H and O–H groups in total. The van der Waals surface area contributed by atoms with E-state index in [4.69, 9.17) is 4.98 Å². The number of hydrogen-bond donors (Lipinski definition) is 0. The van der Waals surface area contributed by atoms with E-state index < -0.39 is 0 Å². The summed E-state index contributed by atoms with van der Waals surface area (Å²) in [6, 6.07) is 0. The molecule has 0 saturated heterocycles. The lowest BCUT2D eigenvalue weighted by Gasteiger charge is -2.27. The molecule has 3 aliphatic rings. The quantitative estimate of drug-likeness (QED) is 0.750. The normalized spacial score (nSPS) is 30.3. The minimum Gasteiger partial charge on any atom is -0.241 e. The molecule has 1 saturated carbocycles. The summed E-state index contributed by atoms with van der Waals surface area (Å²) in [7, 11) is 0. The van der Waals surface area contributed by atoms with E-state index in [1.807, 2.05) is 6.33 Å². The summed E-state index contributed by atoms with van der Waals surface area (Å²) in [5.74, 6) is 2.68. The van der Waals surface area contributed by atoms with Crippen molar-refractivity contribution < 1.29 is 0 Å². The average Bonchev–Trinajstić information content (AvgIpc) is 2.95. The van der Waals surface area contributed by atoms with Gasteiger partial charge in [0, 0.05) is 12.0 Å². The van der Waals surface area contributed by atoms with Gasteiger partial charge in [0.15, 0.2) is 0 Å². The maximum atomic E-state index is 4.75. The zero-order valence-electron chi connectivity index (χ0n) is 14.8. The molecular weight excluding hydrogens is 280 g/mol. The van der Waals surface area contributed by atoms with Crippen LogP contribution in [0.15, 0.2) is 11.9 Å². The van der Waals surface area contributed by atoms with Gasteiger partial charge < -0.3 is 0 Å². The average molecular weight is 310 g/mol. The lowest BCUT2D eigenvalue weighted by molar-refractivity contribution is 0.287. The van der Waals surface area contributed by atoms with Gasteiger partial charge in [-0.1, -0.05) is 38.7 Å². The van der Waals surface area contributed by atoms with Gasteiger partial charge in [0.25, 0.3) is 0 Å². The third-order valence-electron chi connectivity index (χ3n) is 6.65. The fourth-order valence-electron chi connectivity index (χ4n) is 5.04. The maximum Gasteiger partial charge on any atom is 0.115 e. The summed E-state index contributed by atoms with van der Waals surface area (Å²) in [6.07, 6.45) is 15.0. The van der Waals surface area contributed by atoms with Crippen LogP contribution in [0.5, 0.6) is 0 Å². The molecule has 3 aliphatic carbocycles. The summed E-state index contributed by atoms with van der Waals surface area (Å²) in [6.45, 7) is 4.75. The van der Waals surface area contributed by atoms with E-state index in [-0.39, 0.29) is 0 Å². The highest BCUT2D eigenvalue weighted by Gasteiger charge is 2.31. The number of rotatable bonds is 3. The van der Waals surface area contributed by atoms with E-state index in [1.165, 1.54) is 74.7 Å². The second kappa shape index (κ2) is 6.37. The Hall–Kier alpha value is -1.18. The molecule has 0 bridgehead atoms. The first-order valence-corrected chi connectivity index (χ1v) is 9.78. The Bertz CT molecular complexity index is 608. The van der Waals surface area contributed by atoms with Crippen LogP contribution in [0.1, 0.15) is 82.2 Å². The van der Waals surface area contributed by atoms with Crippen molar-refractivity contribution in [3.8, 4) is 0 Å². The first-order chi connectivity index (χ1) is 11.2. The lowest BCUT2D eigenvalue weighted by Crippen LogP contribution is -2.16. The zero-order valence-corrected chi connectivity index (χ0v) is 14.8. The van der Waals surface area contributed by atoms with Crippen molar-refractivity contribution in [3.05, 3.63) is 28.9 Å². The van der Waals surface area contributed by atoms with Crippen LogP contribution >= 0.6 is 0 Å². The smallest absolute Gasteiger partial charge is 0.115 e. The van der Waals surface area contributed by atoms with E-state index in [0.717, 1.165) is 24.2 Å². The maximum absolute atomic E-state index is 4.75. The summed E-state index contributed by atoms with van der Waals surface area (Å²) < 4.78 is 0. The highest BCUT2D eigenvalue weighted by Crippen LogP contribution is 2.45. The van der Waals surface area contributed by atoms with E-state index in [2.05, 4.69) is 18.8 Å². The van der Waals surface area contributed by atoms with Crippen molar-refractivity contribution in [2.45, 2.75) is 78.1 Å². The summed E-state index contributed by atoms with van der Waals surface area (Å²) in [5.41, 5.74) is 7.52. The van der Waals surface area contributed by atoms with Crippen LogP contribution in [-0.2, 0) is 12.8 Å². The molecule has 1 unspecified atom stereocenters. The van der Waals surface area contributed by atoms with Crippen molar-refractivity contribution in [2.75, 3.05) is 0 Å². The molecule has 1 aromatic heterocycles. The molecule has 0 radical (unpaired) electrons. The van der Waals surface area contributed by atoms with E-state index in [1.54, 1.807) is 11.1 Å². The molecule has 1 heterocycles. The highest BCUT2D eigenvalue weighted by molar-refractivity contribution is 5.77. The van der Waals surface area contributed by atoms with Crippen LogP contribution in [0.2, 0.25) is 0 Å². The Kier molecular flexibility index (Phi) is 4.26. The number of allylic oxidation sites excluding steroid dienone is 2. The van der Waals surface area contributed by atoms with Crippen LogP contribution < -0.4 is 0 Å². The summed E-state index contributed by atoms with van der Waals surface area (Å²) in [4.78, 5) is 9.40. The fraction of sp³-hybridized carbons (Fsp3) is 0.714. The molecule has 0 aromatic carbocycles. The summed E-state index contributed by atoms with van der Waals surface area (Å²) in [5, 5.41) is 0. The predicted octanol–water partition coefficient (Wildman–Crippen LogP) is 5.37. The molecule has 0 amide bonds. The van der Waals surface area contributed by atoms with Gasteiger partial charge in [-0.05, 0) is 61.9 Å². The Labute approximate surface area is 140 Å². The molecule has 0 spiro atoms. The van der Waals surface area contributed by atoms with Gasteiger partial charge in [0.1, 0.15) is 6.33 Å². The van der Waals surface area contributed by atoms with E-state index in [0.29, 0.717) is 0 Å². The number of aromatic nitrogens is 2. The van der Waals surface area contributed by atoms with Crippen LogP contribution in [0.25, 0.3) is 5.57 Å². The van der Waals surface area contributed by atoms with Gasteiger partial charge in [0.2, 0.25) is 0 Å². The third-order valence-corrected chi connectivity index (χ3v) is 6.65. The Morgan fingerprint density at radius 1 is 1.04 bits per heavy atom. The Morgan fingerprint density at radius 2 is 1.87 bits per heavy atom. The van der Waals surface area contributed by atoms with Gasteiger partial charge in [-0.15, -0.1) is 0 Å². The molecule has 2 nitrogen and oxygen atoms in total. The standard InChI is InChI=1S/C21H30N2/c1-3-15-8-9-18-17(10-15)12-20-21(18)19(22-13-23-20)11-16-6-4-14(2)5-7-16/h13-16H,3-12H2,1-2H3/t14-,15?,16-. The van der Waals surface area contributed by atoms with Crippen LogP contribution in [0, 0.1) is 17.8 Å². The number of hydrogen-bond acceptors (Lipinski definition) is 2. The van der Waals surface area contributed by atoms with Gasteiger partial charge in [-0.2, -0.15) is 0 Å². The lowest BCUT2D eigenvalue weighted by atomic mass is 9.79. The fourth-order valence-corrected chi connectivity index (χ4v) is 5.04. The molecule has 1 fully saturated rings. The van der Waals surface area contributed by atoms with Crippen molar-refractivity contribution >= 4 is 5.57 Å². The second-order valence-corrected chi connectivity index (χ2v) is 8.25. The topological polar surface area (TPSA) is 25.8 Å². The molecular formula is C21H30N2. The van der Waals surface area contributed by atoms with Crippen molar-refractivity contribution in [2.24, 2.45) is 17.8 Å². The Morgan fingerprint density at radius 3 is 2.65 bits per heavy atom. The van der Waals surface area contributed by atoms with Gasteiger partial charge >= 0.3 is 0 Å². The number of fused-ring (bicyclic) bond motifs is 2. The monoisotopic (exact) mass is 310 g/mol. The van der Waals surface area contributed by atoms with Crippen LogP contribution in [0.4, 0.5) is 0 Å². The van der Waals surface area contributed by atoms with Gasteiger partial charge in [-0.3, -0.25) is 0 Å². The molecule has 23 heavy (non-hydrogen) atoms. The SMILES string of the molecule is CCC1CCC2=C(Cc3ncnc(C[C@H]4CC[C@H](C)CC4)c32)C1.